The summed E-state index contributed by atoms with van der Waals surface area (Å²) in [6.45, 7) is 4.08. The average Bonchev–Trinajstić information content (AvgIpc) is 3.65. The highest BCUT2D eigenvalue weighted by Crippen LogP contribution is 2.32. The molecular weight excluding hydrogens is 510 g/mol. The van der Waals surface area contributed by atoms with E-state index in [4.69, 9.17) is 4.98 Å². The monoisotopic (exact) mass is 538 g/mol. The standard InChI is InChI=1S/C30H28F2N8/c1-2-21-4-3-5-22(12-21)18-37-8-10-38(11-9-37)28-7-6-23(15-34-28)27-13-24(26-17-36-40(20-26)30(31)32)19-39-29(27)25(14-33)16-35-39/h3-7,12-13,15-17,19-20,30H,2,8-11,18H2,1H3. The Bertz CT molecular complexity index is 1670. The maximum absolute atomic E-state index is 13.1. The molecule has 4 aromatic heterocycles. The second-order valence-corrected chi connectivity index (χ2v) is 9.93. The molecule has 5 aromatic rings. The quantitative estimate of drug-likeness (QED) is 0.276. The van der Waals surface area contributed by atoms with E-state index in [-0.39, 0.29) is 0 Å². The molecule has 0 saturated carbocycles. The van der Waals surface area contributed by atoms with Crippen LogP contribution in [0.25, 0.3) is 27.8 Å². The summed E-state index contributed by atoms with van der Waals surface area (Å²) < 4.78 is 28.4. The summed E-state index contributed by atoms with van der Waals surface area (Å²) in [7, 11) is 0. The Morgan fingerprint density at radius 3 is 2.42 bits per heavy atom. The molecule has 0 amide bonds. The van der Waals surface area contributed by atoms with E-state index in [1.165, 1.54) is 29.7 Å². The number of rotatable bonds is 7. The Balaban J connectivity index is 1.22. The highest BCUT2D eigenvalue weighted by Gasteiger charge is 2.20. The van der Waals surface area contributed by atoms with Crippen molar-refractivity contribution in [1.29, 1.82) is 5.26 Å². The van der Waals surface area contributed by atoms with Gasteiger partial charge in [-0.1, -0.05) is 31.2 Å². The molecule has 1 fully saturated rings. The van der Waals surface area contributed by atoms with E-state index in [2.05, 4.69) is 57.3 Å². The summed E-state index contributed by atoms with van der Waals surface area (Å²) in [6.07, 6.45) is 8.76. The first-order chi connectivity index (χ1) is 19.5. The molecule has 1 aromatic carbocycles. The minimum atomic E-state index is -2.72. The molecule has 0 N–H and O–H groups in total. The summed E-state index contributed by atoms with van der Waals surface area (Å²) in [4.78, 5) is 9.52. The number of anilines is 1. The van der Waals surface area contributed by atoms with Gasteiger partial charge in [0.25, 0.3) is 0 Å². The van der Waals surface area contributed by atoms with Crippen molar-refractivity contribution in [2.45, 2.75) is 26.4 Å². The molecule has 40 heavy (non-hydrogen) atoms. The van der Waals surface area contributed by atoms with Gasteiger partial charge in [-0.15, -0.1) is 0 Å². The second-order valence-electron chi connectivity index (χ2n) is 9.93. The third-order valence-electron chi connectivity index (χ3n) is 7.43. The summed E-state index contributed by atoms with van der Waals surface area (Å²) in [5.74, 6) is 0.899. The third-order valence-corrected chi connectivity index (χ3v) is 7.43. The smallest absolute Gasteiger partial charge is 0.333 e. The molecule has 10 heteroatoms. The maximum atomic E-state index is 13.1. The van der Waals surface area contributed by atoms with Crippen LogP contribution in [0.4, 0.5) is 14.6 Å². The van der Waals surface area contributed by atoms with Gasteiger partial charge in [0.05, 0.1) is 23.5 Å². The largest absolute Gasteiger partial charge is 0.354 e. The molecule has 1 aliphatic rings. The van der Waals surface area contributed by atoms with E-state index in [1.807, 2.05) is 18.2 Å². The molecule has 0 atom stereocenters. The minimum Gasteiger partial charge on any atom is -0.354 e. The van der Waals surface area contributed by atoms with Crippen LogP contribution in [0.5, 0.6) is 0 Å². The van der Waals surface area contributed by atoms with Gasteiger partial charge in [0, 0.05) is 73.6 Å². The first-order valence-corrected chi connectivity index (χ1v) is 13.3. The predicted octanol–water partition coefficient (Wildman–Crippen LogP) is 5.41. The van der Waals surface area contributed by atoms with Crippen molar-refractivity contribution < 1.29 is 8.78 Å². The van der Waals surface area contributed by atoms with Crippen LogP contribution < -0.4 is 4.90 Å². The molecule has 0 unspecified atom stereocenters. The lowest BCUT2D eigenvalue weighted by Crippen LogP contribution is -2.46. The summed E-state index contributed by atoms with van der Waals surface area (Å²) in [5.41, 5.74) is 6.52. The fraction of sp³-hybridized carbons (Fsp3) is 0.267. The number of hydrogen-bond acceptors (Lipinski definition) is 6. The van der Waals surface area contributed by atoms with Crippen LogP contribution in [0.3, 0.4) is 0 Å². The summed E-state index contributed by atoms with van der Waals surface area (Å²) in [6, 6.07) is 16.8. The SMILES string of the molecule is CCc1cccc(CN2CCN(c3ccc(-c4cc(-c5cnn(C(F)F)c5)cn5ncc(C#N)c45)cn3)CC2)c1. The summed E-state index contributed by atoms with van der Waals surface area (Å²) >= 11 is 0. The number of pyridine rings is 2. The van der Waals surface area contributed by atoms with Gasteiger partial charge in [0.2, 0.25) is 0 Å². The molecule has 0 bridgehead atoms. The van der Waals surface area contributed by atoms with E-state index < -0.39 is 6.55 Å². The van der Waals surface area contributed by atoms with Crippen LogP contribution in [-0.2, 0) is 13.0 Å². The number of halogens is 2. The van der Waals surface area contributed by atoms with Gasteiger partial charge in [0.15, 0.2) is 0 Å². The number of benzene rings is 1. The van der Waals surface area contributed by atoms with Crippen molar-refractivity contribution >= 4 is 11.3 Å². The number of nitriles is 1. The van der Waals surface area contributed by atoms with E-state index in [0.29, 0.717) is 26.9 Å². The number of fused-ring (bicyclic) bond motifs is 1. The lowest BCUT2D eigenvalue weighted by molar-refractivity contribution is 0.0566. The van der Waals surface area contributed by atoms with Gasteiger partial charge in [-0.05, 0) is 35.7 Å². The van der Waals surface area contributed by atoms with Crippen LogP contribution in [-0.4, -0.2) is 55.5 Å². The topological polar surface area (TPSA) is 78.3 Å². The Labute approximate surface area is 230 Å². The van der Waals surface area contributed by atoms with Gasteiger partial charge in [-0.2, -0.15) is 24.2 Å². The maximum Gasteiger partial charge on any atom is 0.333 e. The zero-order valence-electron chi connectivity index (χ0n) is 22.1. The highest BCUT2D eigenvalue weighted by atomic mass is 19.3. The van der Waals surface area contributed by atoms with Crippen LogP contribution in [0.1, 0.15) is 30.2 Å². The van der Waals surface area contributed by atoms with Gasteiger partial charge in [-0.3, -0.25) is 4.90 Å². The van der Waals surface area contributed by atoms with Crippen LogP contribution in [0.15, 0.2) is 73.4 Å². The fourth-order valence-corrected chi connectivity index (χ4v) is 5.25. The number of aromatic nitrogens is 5. The van der Waals surface area contributed by atoms with Gasteiger partial charge in [-0.25, -0.2) is 14.2 Å². The van der Waals surface area contributed by atoms with Crippen molar-refractivity contribution in [1.82, 2.24) is 29.3 Å². The Hall–Kier alpha value is -4.62. The first-order valence-electron chi connectivity index (χ1n) is 13.3. The zero-order valence-corrected chi connectivity index (χ0v) is 22.1. The van der Waals surface area contributed by atoms with E-state index in [1.54, 1.807) is 16.9 Å². The van der Waals surface area contributed by atoms with Crippen molar-refractivity contribution in [2.75, 3.05) is 31.1 Å². The molecule has 1 saturated heterocycles. The van der Waals surface area contributed by atoms with Crippen LogP contribution in [0, 0.1) is 11.3 Å². The Kier molecular flexibility index (Phi) is 6.97. The van der Waals surface area contributed by atoms with Crippen LogP contribution >= 0.6 is 0 Å². The van der Waals surface area contributed by atoms with Crippen molar-refractivity contribution in [2.24, 2.45) is 0 Å². The molecule has 5 heterocycles. The molecule has 6 rings (SSSR count). The van der Waals surface area contributed by atoms with E-state index in [0.717, 1.165) is 56.1 Å². The molecule has 1 aliphatic heterocycles. The fourth-order valence-electron chi connectivity index (χ4n) is 5.25. The minimum absolute atomic E-state index is 0.425. The average molecular weight is 539 g/mol. The number of aryl methyl sites for hydroxylation is 1. The van der Waals surface area contributed by atoms with E-state index >= 15 is 0 Å². The Morgan fingerprint density at radius 2 is 1.73 bits per heavy atom. The number of nitrogens with zero attached hydrogens (tertiary/aromatic N) is 8. The number of piperazine rings is 1. The van der Waals surface area contributed by atoms with E-state index in [9.17, 15) is 14.0 Å². The highest BCUT2D eigenvalue weighted by molar-refractivity contribution is 5.87. The van der Waals surface area contributed by atoms with Crippen molar-refractivity contribution in [3.63, 3.8) is 0 Å². The van der Waals surface area contributed by atoms with Gasteiger partial charge < -0.3 is 4.90 Å². The van der Waals surface area contributed by atoms with Gasteiger partial charge in [0.1, 0.15) is 11.9 Å². The predicted molar refractivity (Wildman–Crippen MR) is 149 cm³/mol. The molecule has 0 spiro atoms. The molecule has 0 aliphatic carbocycles. The lowest BCUT2D eigenvalue weighted by Gasteiger charge is -2.35. The zero-order chi connectivity index (χ0) is 27.6. The number of alkyl halides is 2. The molecular formula is C30H28F2N8. The van der Waals surface area contributed by atoms with Crippen LogP contribution in [0.2, 0.25) is 0 Å². The van der Waals surface area contributed by atoms with Crippen molar-refractivity contribution in [3.8, 4) is 28.3 Å². The van der Waals surface area contributed by atoms with Gasteiger partial charge >= 0.3 is 6.55 Å². The Morgan fingerprint density at radius 1 is 0.900 bits per heavy atom. The van der Waals surface area contributed by atoms with Crippen molar-refractivity contribution in [3.05, 3.63) is 90.1 Å². The lowest BCUT2D eigenvalue weighted by atomic mass is 10.0. The molecule has 202 valence electrons. The second kappa shape index (κ2) is 10.9. The first kappa shape index (κ1) is 25.6. The third kappa shape index (κ3) is 5.03. The normalized spacial score (nSPS) is 14.2. The molecule has 0 radical (unpaired) electrons. The number of hydrogen-bond donors (Lipinski definition) is 0. The summed E-state index contributed by atoms with van der Waals surface area (Å²) in [5, 5.41) is 17.8. The molecule has 8 nitrogen and oxygen atoms in total.